The van der Waals surface area contributed by atoms with Crippen molar-refractivity contribution in [1.82, 2.24) is 0 Å². The van der Waals surface area contributed by atoms with Crippen LogP contribution in [0, 0.1) is 6.07 Å². The van der Waals surface area contributed by atoms with Crippen molar-refractivity contribution in [3.8, 4) is 0 Å². The van der Waals surface area contributed by atoms with Crippen molar-refractivity contribution in [2.75, 3.05) is 6.26 Å². The van der Waals surface area contributed by atoms with Gasteiger partial charge in [0, 0.05) is 4.90 Å². The van der Waals surface area contributed by atoms with E-state index in [-0.39, 0.29) is 16.0 Å². The lowest BCUT2D eigenvalue weighted by atomic mass is 10.4. The number of rotatable bonds is 1. The molecule has 1 aromatic rings. The van der Waals surface area contributed by atoms with Crippen LogP contribution in [-0.2, 0) is 0 Å². The molecule has 0 fully saturated rings. The van der Waals surface area contributed by atoms with Crippen LogP contribution in [0.2, 0.25) is 0 Å². The van der Waals surface area contributed by atoms with Crippen LogP contribution in [0.3, 0.4) is 0 Å². The molecule has 0 saturated carbocycles. The van der Waals surface area contributed by atoms with E-state index in [0.717, 1.165) is 0 Å². The van der Waals surface area contributed by atoms with Gasteiger partial charge < -0.3 is 0 Å². The third-order valence-corrected chi connectivity index (χ3v) is 1.64. The Morgan fingerprint density at radius 2 is 2.18 bits per heavy atom. The minimum absolute atomic E-state index is 0.0417. The van der Waals surface area contributed by atoms with E-state index in [1.807, 2.05) is 18.2 Å². The van der Waals surface area contributed by atoms with Gasteiger partial charge in [-0.15, -0.1) is 11.8 Å². The van der Waals surface area contributed by atoms with Gasteiger partial charge in [0.25, 0.3) is 0 Å². The molecule has 1 radical (unpaired) electrons. The van der Waals surface area contributed by atoms with E-state index in [2.05, 4.69) is 44.2 Å². The van der Waals surface area contributed by atoms with Crippen molar-refractivity contribution < 1.29 is 0 Å². The molecule has 0 unspecified atom stereocenters. The summed E-state index contributed by atoms with van der Waals surface area (Å²) in [5.74, 6) is 0. The van der Waals surface area contributed by atoms with Gasteiger partial charge in [-0.3, -0.25) is 25.8 Å². The Balaban J connectivity index is 0.000000292. The summed E-state index contributed by atoms with van der Waals surface area (Å²) in [7, 11) is 0. The Morgan fingerprint density at radius 1 is 1.55 bits per heavy atom. The molecule has 1 aromatic carbocycles. The third-order valence-electron chi connectivity index (χ3n) is 0.914. The van der Waals surface area contributed by atoms with Gasteiger partial charge >= 0.3 is 16.0 Å². The van der Waals surface area contributed by atoms with E-state index in [9.17, 15) is 0 Å². The van der Waals surface area contributed by atoms with Crippen LogP contribution in [0.25, 0.3) is 0 Å². The average molecular weight is 307 g/mol. The summed E-state index contributed by atoms with van der Waals surface area (Å²) in [4.78, 5) is 1.27. The molecular formula is C7H7Br2MgS. The maximum Gasteiger partial charge on any atom is 0.560 e. The monoisotopic (exact) mass is 305 g/mol. The van der Waals surface area contributed by atoms with Crippen LogP contribution < -0.4 is 0 Å². The fraction of sp³-hybridized carbons (Fsp3) is 0.143. The number of thioether (sulfide) groups is 1. The highest BCUT2D eigenvalue weighted by molar-refractivity contribution is 9.47. The first kappa shape index (κ1) is 12.3. The predicted octanol–water partition coefficient (Wildman–Crippen LogP) is 3.52. The molecule has 4 heteroatoms. The number of benzene rings is 1. The summed E-state index contributed by atoms with van der Waals surface area (Å²) in [6.45, 7) is 0. The Labute approximate surface area is 94.0 Å². The molecule has 0 nitrogen and oxygen atoms in total. The molecule has 0 aliphatic rings. The van der Waals surface area contributed by atoms with Gasteiger partial charge in [-0.2, -0.15) is 0 Å². The lowest BCUT2D eigenvalue weighted by Gasteiger charge is -1.88. The molecule has 0 aromatic heterocycles. The van der Waals surface area contributed by atoms with Crippen LogP contribution in [0.1, 0.15) is 0 Å². The highest BCUT2D eigenvalue weighted by Crippen LogP contribution is 2.11. The van der Waals surface area contributed by atoms with E-state index in [1.165, 1.54) is 4.90 Å². The topological polar surface area (TPSA) is 0 Å². The number of halogens is 2. The first-order valence-electron chi connectivity index (χ1n) is 2.97. The summed E-state index contributed by atoms with van der Waals surface area (Å²) in [5, 5.41) is 0. The lowest BCUT2D eigenvalue weighted by Crippen LogP contribution is -1.63. The van der Waals surface area contributed by atoms with Gasteiger partial charge in [0.2, 0.25) is 0 Å². The fourth-order valence-electron chi connectivity index (χ4n) is 0.504. The molecule has 57 valence electrons. The van der Waals surface area contributed by atoms with E-state index in [4.69, 9.17) is 0 Å². The zero-order chi connectivity index (χ0) is 8.53. The van der Waals surface area contributed by atoms with E-state index >= 15 is 0 Å². The SMILES string of the molecule is CSc1c[c]ccc1.[Br][Mg][Br]. The smallest absolute Gasteiger partial charge is 0.280 e. The summed E-state index contributed by atoms with van der Waals surface area (Å²) >= 11 is 8.18. The molecular weight excluding hydrogens is 300 g/mol. The zero-order valence-corrected chi connectivity index (χ0v) is 11.6. The maximum atomic E-state index is 3.20. The van der Waals surface area contributed by atoms with Crippen molar-refractivity contribution in [2.24, 2.45) is 0 Å². The molecule has 0 saturated heterocycles. The number of hydrogen-bond donors (Lipinski definition) is 0. The highest BCUT2D eigenvalue weighted by Gasteiger charge is 1.80. The second-order valence-corrected chi connectivity index (χ2v) is 10.5. The summed E-state index contributed by atoms with van der Waals surface area (Å²) in [6.07, 6.45) is 2.06. The Morgan fingerprint density at radius 3 is 2.45 bits per heavy atom. The molecule has 0 heterocycles. The van der Waals surface area contributed by atoms with Crippen LogP contribution in [0.15, 0.2) is 29.2 Å². The first-order valence-corrected chi connectivity index (χ1v) is 12.0. The molecule has 0 aliphatic carbocycles. The van der Waals surface area contributed by atoms with E-state index in [0.29, 0.717) is 0 Å². The molecule has 0 spiro atoms. The zero-order valence-electron chi connectivity index (χ0n) is 6.18. The molecule has 0 bridgehead atoms. The van der Waals surface area contributed by atoms with E-state index in [1.54, 1.807) is 11.8 Å². The Bertz CT molecular complexity index is 169. The molecule has 0 amide bonds. The third kappa shape index (κ3) is 7.65. The second kappa shape index (κ2) is 9.38. The van der Waals surface area contributed by atoms with Crippen molar-refractivity contribution in [3.05, 3.63) is 30.3 Å². The minimum atomic E-state index is 0.0417. The lowest BCUT2D eigenvalue weighted by molar-refractivity contribution is 1.46. The van der Waals surface area contributed by atoms with Gasteiger partial charge in [-0.1, -0.05) is 12.1 Å². The van der Waals surface area contributed by atoms with Crippen LogP contribution in [0.4, 0.5) is 0 Å². The van der Waals surface area contributed by atoms with Crippen LogP contribution in [-0.4, -0.2) is 22.3 Å². The van der Waals surface area contributed by atoms with Crippen LogP contribution >= 0.6 is 37.5 Å². The molecule has 1 rings (SSSR count). The van der Waals surface area contributed by atoms with Crippen molar-refractivity contribution in [3.63, 3.8) is 0 Å². The quantitative estimate of drug-likeness (QED) is 0.565. The molecule has 0 aliphatic heterocycles. The molecule has 0 atom stereocenters. The van der Waals surface area contributed by atoms with Crippen molar-refractivity contribution >= 4 is 53.6 Å². The van der Waals surface area contributed by atoms with Gasteiger partial charge in [0.15, 0.2) is 0 Å². The average Bonchev–Trinajstić information content (AvgIpc) is 2.08. The van der Waals surface area contributed by atoms with Gasteiger partial charge in [0.1, 0.15) is 0 Å². The van der Waals surface area contributed by atoms with Crippen molar-refractivity contribution in [2.45, 2.75) is 4.90 Å². The summed E-state index contributed by atoms with van der Waals surface area (Å²) in [5.41, 5.74) is 0. The predicted molar refractivity (Wildman–Crippen MR) is 60.7 cm³/mol. The van der Waals surface area contributed by atoms with Gasteiger partial charge in [-0.25, -0.2) is 0 Å². The highest BCUT2D eigenvalue weighted by atomic mass is 79.9. The largest absolute Gasteiger partial charge is 0.560 e. The summed E-state index contributed by atoms with van der Waals surface area (Å²) in [6, 6.07) is 10.9. The van der Waals surface area contributed by atoms with Crippen LogP contribution in [0.5, 0.6) is 0 Å². The van der Waals surface area contributed by atoms with Crippen molar-refractivity contribution in [1.29, 1.82) is 0 Å². The normalized spacial score (nSPS) is 7.55. The number of hydrogen-bond acceptors (Lipinski definition) is 1. The molecule has 0 N–H and O–H groups in total. The minimum Gasteiger partial charge on any atom is -0.280 e. The maximum absolute atomic E-state index is 3.20. The summed E-state index contributed by atoms with van der Waals surface area (Å²) < 4.78 is 0. The fourth-order valence-corrected chi connectivity index (χ4v) is 0.904. The Kier molecular flexibility index (Phi) is 10.5. The standard InChI is InChI=1S/C7H7S.2BrH.Mg/c1-8-7-5-3-2-4-6-7;;;/h2-3,5-6H,1H3;2*1H;/q;;;+2/p-2. The Hall–Kier alpha value is 1.30. The van der Waals surface area contributed by atoms with E-state index < -0.39 is 0 Å². The first-order chi connectivity index (χ1) is 5.35. The molecule has 11 heavy (non-hydrogen) atoms. The van der Waals surface area contributed by atoms with Gasteiger partial charge in [0.05, 0.1) is 0 Å². The second-order valence-electron chi connectivity index (χ2n) is 1.54. The van der Waals surface area contributed by atoms with Gasteiger partial charge in [-0.05, 0) is 24.5 Å².